The van der Waals surface area contributed by atoms with Gasteiger partial charge in [0.05, 0.1) is 0 Å². The van der Waals surface area contributed by atoms with Crippen LogP contribution in [0.1, 0.15) is 16.7 Å². The fraction of sp³-hybridized carbons (Fsp3) is 0.188. The lowest BCUT2D eigenvalue weighted by molar-refractivity contribution is 0.145. The second kappa shape index (κ2) is 6.96. The summed E-state index contributed by atoms with van der Waals surface area (Å²) in [6.07, 6.45) is -0.719. The van der Waals surface area contributed by atoms with Gasteiger partial charge >= 0.3 is 13.7 Å². The largest absolute Gasteiger partial charge is 0.444 e. The summed E-state index contributed by atoms with van der Waals surface area (Å²) in [5.74, 6) is 0. The topological polar surface area (TPSA) is 79.5 Å². The molecule has 0 atom stereocenters. The summed E-state index contributed by atoms with van der Waals surface area (Å²) in [4.78, 5) is 11.9. The van der Waals surface area contributed by atoms with E-state index in [9.17, 15) is 9.36 Å². The van der Waals surface area contributed by atoms with Crippen molar-refractivity contribution in [2.45, 2.75) is 19.7 Å². The molecule has 120 valence electrons. The number of rotatable bonds is 3. The quantitative estimate of drug-likeness (QED) is 0.754. The third-order valence-corrected chi connectivity index (χ3v) is 5.27. The highest BCUT2D eigenvalue weighted by atomic mass is 31.2. The van der Waals surface area contributed by atoms with Crippen LogP contribution in [0.5, 0.6) is 0 Å². The molecule has 0 saturated carbocycles. The number of benzene rings is 2. The summed E-state index contributed by atoms with van der Waals surface area (Å²) in [7, 11) is -3.24. The summed E-state index contributed by atoms with van der Waals surface area (Å²) in [6.45, 7) is 0.964. The Balaban J connectivity index is 1.57. The lowest BCUT2D eigenvalue weighted by Gasteiger charge is -2.18. The Morgan fingerprint density at radius 2 is 1.57 bits per heavy atom. The minimum absolute atomic E-state index is 0.132. The van der Waals surface area contributed by atoms with E-state index in [0.717, 1.165) is 16.7 Å². The van der Waals surface area contributed by atoms with E-state index in [-0.39, 0.29) is 6.61 Å². The van der Waals surface area contributed by atoms with Gasteiger partial charge in [-0.25, -0.2) is 20.1 Å². The predicted molar refractivity (Wildman–Crippen MR) is 87.5 cm³/mol. The molecular weight excluding hydrogens is 313 g/mol. The number of hydrogen-bond donors (Lipinski definition) is 3. The second-order valence-corrected chi connectivity index (χ2v) is 7.30. The molecule has 3 rings (SSSR count). The molecule has 1 aliphatic heterocycles. The normalized spacial score (nSPS) is 16.0. The van der Waals surface area contributed by atoms with Crippen LogP contribution in [-0.2, 0) is 29.0 Å². The van der Waals surface area contributed by atoms with Gasteiger partial charge in [-0.15, -0.1) is 0 Å². The zero-order chi connectivity index (χ0) is 16.1. The van der Waals surface area contributed by atoms with Crippen LogP contribution >= 0.6 is 7.59 Å². The third-order valence-electron chi connectivity index (χ3n) is 3.56. The number of amides is 1. The van der Waals surface area contributed by atoms with Gasteiger partial charge in [-0.3, -0.25) is 4.57 Å². The average molecular weight is 331 g/mol. The minimum atomic E-state index is -3.24. The van der Waals surface area contributed by atoms with E-state index in [1.54, 1.807) is 0 Å². The Hall–Kier alpha value is -2.14. The maximum absolute atomic E-state index is 12.7. The molecule has 0 aliphatic carbocycles. The van der Waals surface area contributed by atoms with Crippen molar-refractivity contribution < 1.29 is 14.1 Å². The molecule has 1 heterocycles. The maximum Gasteiger partial charge on any atom is 0.414 e. The van der Waals surface area contributed by atoms with Gasteiger partial charge in [0, 0.05) is 13.1 Å². The molecule has 3 N–H and O–H groups in total. The summed E-state index contributed by atoms with van der Waals surface area (Å²) < 4.78 is 17.8. The fourth-order valence-electron chi connectivity index (χ4n) is 2.31. The summed E-state index contributed by atoms with van der Waals surface area (Å²) in [6, 6.07) is 17.1. The number of nitrogens with one attached hydrogen (secondary N) is 3. The zero-order valence-electron chi connectivity index (χ0n) is 12.5. The molecule has 0 fully saturated rings. The van der Waals surface area contributed by atoms with Crippen molar-refractivity contribution >= 4 is 13.7 Å². The molecule has 0 aromatic heterocycles. The maximum atomic E-state index is 12.7. The van der Waals surface area contributed by atoms with Crippen molar-refractivity contribution in [2.75, 3.05) is 0 Å². The number of carbonyl (C=O) groups excluding carboxylic acids is 1. The van der Waals surface area contributed by atoms with Gasteiger partial charge in [0.25, 0.3) is 0 Å². The monoisotopic (exact) mass is 331 g/mol. The fourth-order valence-corrected chi connectivity index (χ4v) is 3.69. The molecule has 7 heteroatoms. The highest BCUT2D eigenvalue weighted by Gasteiger charge is 2.27. The Morgan fingerprint density at radius 3 is 2.17 bits per heavy atom. The van der Waals surface area contributed by atoms with E-state index in [0.29, 0.717) is 13.1 Å². The molecule has 6 nitrogen and oxygen atoms in total. The van der Waals surface area contributed by atoms with E-state index in [2.05, 4.69) is 15.3 Å². The number of ether oxygens (including phenoxy) is 1. The van der Waals surface area contributed by atoms with E-state index >= 15 is 0 Å². The average Bonchev–Trinajstić information content (AvgIpc) is 2.74. The molecule has 0 spiro atoms. The van der Waals surface area contributed by atoms with Crippen LogP contribution in [0.2, 0.25) is 0 Å². The number of fused-ring (bicyclic) bond motifs is 1. The van der Waals surface area contributed by atoms with Gasteiger partial charge in [-0.05, 0) is 16.7 Å². The molecule has 1 amide bonds. The van der Waals surface area contributed by atoms with E-state index in [4.69, 9.17) is 4.74 Å². The van der Waals surface area contributed by atoms with Crippen LogP contribution in [0, 0.1) is 0 Å². The third kappa shape index (κ3) is 4.20. The number of carbonyl (C=O) groups is 1. The standard InChI is InChI=1S/C16H18N3O3P/c20-16(22-12-13-6-2-1-3-7-13)19-23(21)17-10-14-8-4-5-9-15(14)11-18-23/h1-9H,10-12H2,(H3,17,18,19,20,21). The SMILES string of the molecule is O=C(NP1(=O)NCc2ccccc2CN1)OCc1ccccc1. The van der Waals surface area contributed by atoms with Crippen LogP contribution < -0.4 is 15.3 Å². The van der Waals surface area contributed by atoms with Crippen molar-refractivity contribution in [3.8, 4) is 0 Å². The number of hydrogen-bond acceptors (Lipinski definition) is 3. The molecule has 2 aromatic rings. The molecular formula is C16H18N3O3P. The first-order chi connectivity index (χ1) is 11.1. The smallest absolute Gasteiger partial charge is 0.414 e. The lowest BCUT2D eigenvalue weighted by Crippen LogP contribution is -2.33. The molecule has 2 aromatic carbocycles. The Labute approximate surface area is 134 Å². The lowest BCUT2D eigenvalue weighted by atomic mass is 10.1. The van der Waals surface area contributed by atoms with Crippen LogP contribution in [0.25, 0.3) is 0 Å². The van der Waals surface area contributed by atoms with Crippen molar-refractivity contribution in [3.63, 3.8) is 0 Å². The molecule has 0 bridgehead atoms. The highest BCUT2D eigenvalue weighted by molar-refractivity contribution is 7.58. The summed E-state index contributed by atoms with van der Waals surface area (Å²) in [5.41, 5.74) is 2.98. The van der Waals surface area contributed by atoms with Crippen molar-refractivity contribution in [2.24, 2.45) is 0 Å². The van der Waals surface area contributed by atoms with Gasteiger partial charge in [-0.1, -0.05) is 54.6 Å². The predicted octanol–water partition coefficient (Wildman–Crippen LogP) is 2.91. The van der Waals surface area contributed by atoms with E-state index in [1.165, 1.54) is 0 Å². The molecule has 1 aliphatic rings. The molecule has 23 heavy (non-hydrogen) atoms. The molecule has 0 radical (unpaired) electrons. The Kier molecular flexibility index (Phi) is 4.76. The first-order valence-corrected chi connectivity index (χ1v) is 9.01. The highest BCUT2D eigenvalue weighted by Crippen LogP contribution is 2.34. The van der Waals surface area contributed by atoms with Crippen molar-refractivity contribution in [3.05, 3.63) is 71.3 Å². The Morgan fingerprint density at radius 1 is 1.00 bits per heavy atom. The zero-order valence-corrected chi connectivity index (χ0v) is 13.4. The van der Waals surface area contributed by atoms with Crippen LogP contribution in [0.3, 0.4) is 0 Å². The second-order valence-electron chi connectivity index (χ2n) is 5.22. The Bertz CT molecular complexity index is 705. The summed E-state index contributed by atoms with van der Waals surface area (Å²) >= 11 is 0. The van der Waals surface area contributed by atoms with Crippen molar-refractivity contribution in [1.29, 1.82) is 0 Å². The van der Waals surface area contributed by atoms with Crippen LogP contribution in [0.4, 0.5) is 4.79 Å². The first-order valence-electron chi connectivity index (χ1n) is 7.31. The van der Waals surface area contributed by atoms with Gasteiger partial charge in [0.1, 0.15) is 6.61 Å². The first kappa shape index (κ1) is 15.7. The minimum Gasteiger partial charge on any atom is -0.444 e. The van der Waals surface area contributed by atoms with Gasteiger partial charge in [-0.2, -0.15) is 0 Å². The van der Waals surface area contributed by atoms with E-state index in [1.807, 2.05) is 54.6 Å². The van der Waals surface area contributed by atoms with Crippen LogP contribution in [0.15, 0.2) is 54.6 Å². The summed E-state index contributed by atoms with van der Waals surface area (Å²) in [5, 5.41) is 8.16. The van der Waals surface area contributed by atoms with Crippen LogP contribution in [-0.4, -0.2) is 6.09 Å². The molecule has 0 saturated heterocycles. The van der Waals surface area contributed by atoms with Gasteiger partial charge in [0.2, 0.25) is 0 Å². The van der Waals surface area contributed by atoms with Gasteiger partial charge in [0.15, 0.2) is 0 Å². The van der Waals surface area contributed by atoms with Gasteiger partial charge < -0.3 is 4.74 Å². The van der Waals surface area contributed by atoms with E-state index < -0.39 is 13.7 Å². The molecule has 0 unspecified atom stereocenters. The van der Waals surface area contributed by atoms with Crippen molar-refractivity contribution in [1.82, 2.24) is 15.3 Å².